The van der Waals surface area contributed by atoms with Gasteiger partial charge in [0.2, 0.25) is 0 Å². The Hall–Kier alpha value is -1.55. The van der Waals surface area contributed by atoms with Crippen molar-refractivity contribution in [3.8, 4) is 0 Å². The Kier molecular flexibility index (Phi) is 4.65. The first-order chi connectivity index (χ1) is 9.49. The SMILES string of the molecule is CC(N)C1CCN(C(=O)c2cccc(N(C)C)c2)CC1. The largest absolute Gasteiger partial charge is 0.378 e. The zero-order valence-corrected chi connectivity index (χ0v) is 12.7. The van der Waals surface area contributed by atoms with Crippen molar-refractivity contribution in [2.45, 2.75) is 25.8 Å². The Morgan fingerprint density at radius 1 is 1.35 bits per heavy atom. The molecule has 0 radical (unpaired) electrons. The fourth-order valence-electron chi connectivity index (χ4n) is 2.73. The van der Waals surface area contributed by atoms with E-state index in [1.54, 1.807) is 0 Å². The van der Waals surface area contributed by atoms with Gasteiger partial charge < -0.3 is 15.5 Å². The zero-order chi connectivity index (χ0) is 14.7. The van der Waals surface area contributed by atoms with Gasteiger partial charge in [-0.3, -0.25) is 4.79 Å². The van der Waals surface area contributed by atoms with Crippen LogP contribution in [-0.2, 0) is 0 Å². The highest BCUT2D eigenvalue weighted by atomic mass is 16.2. The van der Waals surface area contributed by atoms with Crippen molar-refractivity contribution in [1.29, 1.82) is 0 Å². The maximum absolute atomic E-state index is 12.5. The Morgan fingerprint density at radius 2 is 2.00 bits per heavy atom. The Labute approximate surface area is 121 Å². The fourth-order valence-corrected chi connectivity index (χ4v) is 2.73. The number of benzene rings is 1. The van der Waals surface area contributed by atoms with Gasteiger partial charge in [-0.25, -0.2) is 0 Å². The maximum atomic E-state index is 12.5. The van der Waals surface area contributed by atoms with Crippen LogP contribution >= 0.6 is 0 Å². The van der Waals surface area contributed by atoms with E-state index in [-0.39, 0.29) is 11.9 Å². The number of nitrogens with two attached hydrogens (primary N) is 1. The molecule has 1 heterocycles. The van der Waals surface area contributed by atoms with E-state index in [4.69, 9.17) is 5.73 Å². The van der Waals surface area contributed by atoms with Crippen molar-refractivity contribution < 1.29 is 4.79 Å². The van der Waals surface area contributed by atoms with E-state index in [0.717, 1.165) is 37.2 Å². The fraction of sp³-hybridized carbons (Fsp3) is 0.562. The summed E-state index contributed by atoms with van der Waals surface area (Å²) in [7, 11) is 3.97. The highest BCUT2D eigenvalue weighted by molar-refractivity contribution is 5.95. The van der Waals surface area contributed by atoms with Crippen molar-refractivity contribution in [3.63, 3.8) is 0 Å². The third kappa shape index (κ3) is 3.31. The molecular weight excluding hydrogens is 250 g/mol. The molecule has 1 atom stereocenters. The van der Waals surface area contributed by atoms with Crippen LogP contribution in [-0.4, -0.2) is 44.0 Å². The molecule has 4 heteroatoms. The molecule has 0 aliphatic carbocycles. The summed E-state index contributed by atoms with van der Waals surface area (Å²) in [6.07, 6.45) is 2.02. The molecule has 0 aromatic heterocycles. The van der Waals surface area contributed by atoms with Gasteiger partial charge in [0, 0.05) is 44.5 Å². The lowest BCUT2D eigenvalue weighted by Crippen LogP contribution is -2.42. The summed E-state index contributed by atoms with van der Waals surface area (Å²) in [5.74, 6) is 0.684. The number of rotatable bonds is 3. The Balaban J connectivity index is 2.03. The maximum Gasteiger partial charge on any atom is 0.253 e. The summed E-state index contributed by atoms with van der Waals surface area (Å²) < 4.78 is 0. The number of carbonyl (C=O) groups is 1. The van der Waals surface area contributed by atoms with E-state index >= 15 is 0 Å². The number of amides is 1. The molecule has 1 saturated heterocycles. The minimum Gasteiger partial charge on any atom is -0.378 e. The van der Waals surface area contributed by atoms with Crippen LogP contribution < -0.4 is 10.6 Å². The highest BCUT2D eigenvalue weighted by Gasteiger charge is 2.25. The van der Waals surface area contributed by atoms with Crippen LogP contribution in [0.4, 0.5) is 5.69 Å². The molecular formula is C16H25N3O. The van der Waals surface area contributed by atoms with Crippen LogP contribution in [0.1, 0.15) is 30.1 Å². The predicted molar refractivity (Wildman–Crippen MR) is 83.0 cm³/mol. The van der Waals surface area contributed by atoms with Crippen LogP contribution in [0.2, 0.25) is 0 Å². The molecule has 1 aliphatic rings. The van der Waals surface area contributed by atoms with Crippen molar-refractivity contribution in [3.05, 3.63) is 29.8 Å². The summed E-state index contributed by atoms with van der Waals surface area (Å²) in [6.45, 7) is 3.69. The molecule has 110 valence electrons. The Bertz CT molecular complexity index is 463. The molecule has 4 nitrogen and oxygen atoms in total. The Morgan fingerprint density at radius 3 is 2.55 bits per heavy atom. The van der Waals surface area contributed by atoms with Crippen LogP contribution in [0.25, 0.3) is 0 Å². The molecule has 0 spiro atoms. The molecule has 1 unspecified atom stereocenters. The standard InChI is InChI=1S/C16H25N3O/c1-12(17)13-7-9-19(10-8-13)16(20)14-5-4-6-15(11-14)18(2)3/h4-6,11-13H,7-10,17H2,1-3H3. The number of anilines is 1. The minimum atomic E-state index is 0.136. The van der Waals surface area contributed by atoms with Gasteiger partial charge in [-0.1, -0.05) is 6.07 Å². The topological polar surface area (TPSA) is 49.6 Å². The molecule has 1 aromatic rings. The van der Waals surface area contributed by atoms with Gasteiger partial charge in [0.1, 0.15) is 0 Å². The monoisotopic (exact) mass is 275 g/mol. The molecule has 0 saturated carbocycles. The van der Waals surface area contributed by atoms with Crippen molar-refractivity contribution in [1.82, 2.24) is 4.90 Å². The quantitative estimate of drug-likeness (QED) is 0.917. The van der Waals surface area contributed by atoms with E-state index in [9.17, 15) is 4.79 Å². The third-order valence-corrected chi connectivity index (χ3v) is 4.18. The van der Waals surface area contributed by atoms with Gasteiger partial charge in [0.25, 0.3) is 5.91 Å². The number of hydrogen-bond acceptors (Lipinski definition) is 3. The van der Waals surface area contributed by atoms with E-state index in [1.807, 2.05) is 48.2 Å². The molecule has 1 fully saturated rings. The number of piperidine rings is 1. The van der Waals surface area contributed by atoms with Crippen LogP contribution in [0, 0.1) is 5.92 Å². The van der Waals surface area contributed by atoms with E-state index < -0.39 is 0 Å². The van der Waals surface area contributed by atoms with Crippen molar-refractivity contribution in [2.24, 2.45) is 11.7 Å². The average Bonchev–Trinajstić information content (AvgIpc) is 2.46. The summed E-state index contributed by atoms with van der Waals surface area (Å²) >= 11 is 0. The van der Waals surface area contributed by atoms with Gasteiger partial charge >= 0.3 is 0 Å². The van der Waals surface area contributed by atoms with Crippen molar-refractivity contribution >= 4 is 11.6 Å². The summed E-state index contributed by atoms with van der Waals surface area (Å²) in [4.78, 5) is 16.5. The third-order valence-electron chi connectivity index (χ3n) is 4.18. The molecule has 1 aromatic carbocycles. The van der Waals surface area contributed by atoms with Crippen LogP contribution in [0.5, 0.6) is 0 Å². The lowest BCUT2D eigenvalue weighted by Gasteiger charge is -2.33. The second-order valence-electron chi connectivity index (χ2n) is 5.93. The summed E-state index contributed by atoms with van der Waals surface area (Å²) in [6, 6.07) is 8.04. The highest BCUT2D eigenvalue weighted by Crippen LogP contribution is 2.22. The van der Waals surface area contributed by atoms with Gasteiger partial charge in [0.15, 0.2) is 0 Å². The van der Waals surface area contributed by atoms with Gasteiger partial charge in [-0.15, -0.1) is 0 Å². The minimum absolute atomic E-state index is 0.136. The van der Waals surface area contributed by atoms with Gasteiger partial charge in [0.05, 0.1) is 0 Å². The van der Waals surface area contributed by atoms with Crippen LogP contribution in [0.3, 0.4) is 0 Å². The first-order valence-electron chi connectivity index (χ1n) is 7.31. The lowest BCUT2D eigenvalue weighted by molar-refractivity contribution is 0.0681. The van der Waals surface area contributed by atoms with E-state index in [1.165, 1.54) is 0 Å². The molecule has 2 rings (SSSR count). The molecule has 1 aliphatic heterocycles. The molecule has 20 heavy (non-hydrogen) atoms. The zero-order valence-electron chi connectivity index (χ0n) is 12.7. The summed E-state index contributed by atoms with van der Waals surface area (Å²) in [5, 5.41) is 0. The first kappa shape index (κ1) is 14.9. The smallest absolute Gasteiger partial charge is 0.253 e. The predicted octanol–water partition coefficient (Wildman–Crippen LogP) is 1.95. The van der Waals surface area contributed by atoms with Gasteiger partial charge in [-0.2, -0.15) is 0 Å². The van der Waals surface area contributed by atoms with Gasteiger partial charge in [-0.05, 0) is 43.9 Å². The second kappa shape index (κ2) is 6.27. The second-order valence-corrected chi connectivity index (χ2v) is 5.93. The number of hydrogen-bond donors (Lipinski definition) is 1. The van der Waals surface area contributed by atoms with Crippen LogP contribution in [0.15, 0.2) is 24.3 Å². The van der Waals surface area contributed by atoms with E-state index in [0.29, 0.717) is 5.92 Å². The number of nitrogens with zero attached hydrogens (tertiary/aromatic N) is 2. The first-order valence-corrected chi connectivity index (χ1v) is 7.31. The number of carbonyl (C=O) groups excluding carboxylic acids is 1. The van der Waals surface area contributed by atoms with E-state index in [2.05, 4.69) is 6.92 Å². The average molecular weight is 275 g/mol. The molecule has 2 N–H and O–H groups in total. The lowest BCUT2D eigenvalue weighted by atomic mass is 9.90. The summed E-state index contributed by atoms with van der Waals surface area (Å²) in [5.41, 5.74) is 7.77. The number of likely N-dealkylation sites (tertiary alicyclic amines) is 1. The van der Waals surface area contributed by atoms with Crippen molar-refractivity contribution in [2.75, 3.05) is 32.1 Å². The normalized spacial score (nSPS) is 17.9. The molecule has 0 bridgehead atoms. The molecule has 1 amide bonds.